The van der Waals surface area contributed by atoms with Crippen LogP contribution in [0.5, 0.6) is 0 Å². The summed E-state index contributed by atoms with van der Waals surface area (Å²) < 4.78 is 0. The van der Waals surface area contributed by atoms with Crippen LogP contribution in [0.2, 0.25) is 0 Å². The molecule has 0 bridgehead atoms. The lowest BCUT2D eigenvalue weighted by Gasteiger charge is -2.07. The summed E-state index contributed by atoms with van der Waals surface area (Å²) >= 11 is 10.1. The molecular formula is C6H10ClNS. The Morgan fingerprint density at radius 3 is 2.56 bits per heavy atom. The predicted octanol–water partition coefficient (Wildman–Crippen LogP) is 2.35. The standard InChI is InChI=1S/C6H10ClNS/c1-5(6(2)7)3-8-4-9/h5-6H,3H2,1-2H3. The van der Waals surface area contributed by atoms with Crippen molar-refractivity contribution in [1.82, 2.24) is 0 Å². The zero-order valence-corrected chi connectivity index (χ0v) is 7.17. The van der Waals surface area contributed by atoms with E-state index >= 15 is 0 Å². The predicted molar refractivity (Wildman–Crippen MR) is 44.4 cm³/mol. The average Bonchev–Trinajstić information content (AvgIpc) is 1.82. The average molecular weight is 164 g/mol. The molecule has 9 heavy (non-hydrogen) atoms. The number of rotatable bonds is 3. The number of thiocarbonyl (C=S) groups is 1. The maximum atomic E-state index is 5.74. The maximum absolute atomic E-state index is 5.74. The van der Waals surface area contributed by atoms with Gasteiger partial charge in [-0.2, -0.15) is 0 Å². The van der Waals surface area contributed by atoms with E-state index in [2.05, 4.69) is 22.4 Å². The summed E-state index contributed by atoms with van der Waals surface area (Å²) in [6.45, 7) is 4.67. The second-order valence-corrected chi connectivity index (χ2v) is 2.96. The molecule has 2 atom stereocenters. The highest BCUT2D eigenvalue weighted by Gasteiger charge is 2.06. The van der Waals surface area contributed by atoms with E-state index in [9.17, 15) is 0 Å². The monoisotopic (exact) mass is 163 g/mol. The van der Waals surface area contributed by atoms with Crippen molar-refractivity contribution in [3.63, 3.8) is 0 Å². The van der Waals surface area contributed by atoms with E-state index in [0.717, 1.165) is 0 Å². The smallest absolute Gasteiger partial charge is 0.0585 e. The first kappa shape index (κ1) is 9.09. The first-order chi connectivity index (χ1) is 4.18. The quantitative estimate of drug-likeness (QED) is 0.354. The van der Waals surface area contributed by atoms with Crippen LogP contribution in [0.4, 0.5) is 0 Å². The van der Waals surface area contributed by atoms with Crippen molar-refractivity contribution in [2.45, 2.75) is 19.2 Å². The van der Waals surface area contributed by atoms with Crippen molar-refractivity contribution in [2.24, 2.45) is 10.9 Å². The molecule has 0 aliphatic carbocycles. The number of halogens is 1. The fraction of sp³-hybridized carbons (Fsp3) is 0.833. The van der Waals surface area contributed by atoms with Crippen molar-refractivity contribution in [1.29, 1.82) is 0 Å². The molecule has 3 heteroatoms. The maximum Gasteiger partial charge on any atom is 0.0585 e. The van der Waals surface area contributed by atoms with E-state index in [1.807, 2.05) is 13.8 Å². The summed E-state index contributed by atoms with van der Waals surface area (Å²) in [5.41, 5.74) is 0. The summed E-state index contributed by atoms with van der Waals surface area (Å²) in [7, 11) is 0. The molecule has 0 aliphatic heterocycles. The minimum absolute atomic E-state index is 0.164. The topological polar surface area (TPSA) is 12.4 Å². The molecule has 2 unspecified atom stereocenters. The van der Waals surface area contributed by atoms with Gasteiger partial charge in [-0.3, -0.25) is 0 Å². The van der Waals surface area contributed by atoms with Crippen molar-refractivity contribution >= 4 is 29.0 Å². The van der Waals surface area contributed by atoms with Gasteiger partial charge >= 0.3 is 0 Å². The lowest BCUT2D eigenvalue weighted by molar-refractivity contribution is 0.586. The Kier molecular flexibility index (Phi) is 4.97. The van der Waals surface area contributed by atoms with Crippen LogP contribution in [0.15, 0.2) is 4.99 Å². The minimum Gasteiger partial charge on any atom is -0.232 e. The highest BCUT2D eigenvalue weighted by molar-refractivity contribution is 7.78. The Morgan fingerprint density at radius 1 is 1.67 bits per heavy atom. The van der Waals surface area contributed by atoms with Crippen LogP contribution in [0.3, 0.4) is 0 Å². The summed E-state index contributed by atoms with van der Waals surface area (Å²) in [5, 5.41) is 2.47. The van der Waals surface area contributed by atoms with Gasteiger partial charge in [0.25, 0.3) is 0 Å². The molecule has 0 saturated carbocycles. The molecule has 52 valence electrons. The number of aliphatic imine (C=N–C) groups is 1. The highest BCUT2D eigenvalue weighted by atomic mass is 35.5. The minimum atomic E-state index is 0.164. The van der Waals surface area contributed by atoms with Gasteiger partial charge in [-0.25, -0.2) is 4.99 Å². The van der Waals surface area contributed by atoms with Gasteiger partial charge in [0.2, 0.25) is 0 Å². The SMILES string of the molecule is CC(Cl)C(C)CN=C=S. The molecule has 0 N–H and O–H groups in total. The normalized spacial score (nSPS) is 15.9. The molecular weight excluding hydrogens is 154 g/mol. The first-order valence-corrected chi connectivity index (χ1v) is 3.70. The summed E-state index contributed by atoms with van der Waals surface area (Å²) in [6, 6.07) is 0. The van der Waals surface area contributed by atoms with Gasteiger partial charge in [-0.1, -0.05) is 6.92 Å². The van der Waals surface area contributed by atoms with Gasteiger partial charge < -0.3 is 0 Å². The van der Waals surface area contributed by atoms with E-state index in [1.54, 1.807) is 0 Å². The van der Waals surface area contributed by atoms with Crippen LogP contribution in [0.25, 0.3) is 0 Å². The van der Waals surface area contributed by atoms with Gasteiger partial charge in [-0.15, -0.1) is 11.6 Å². The first-order valence-electron chi connectivity index (χ1n) is 2.86. The summed E-state index contributed by atoms with van der Waals surface area (Å²) in [6.07, 6.45) is 0. The van der Waals surface area contributed by atoms with E-state index < -0.39 is 0 Å². The van der Waals surface area contributed by atoms with E-state index in [4.69, 9.17) is 11.6 Å². The zero-order valence-electron chi connectivity index (χ0n) is 5.60. The van der Waals surface area contributed by atoms with Gasteiger partial charge in [0.15, 0.2) is 0 Å². The fourth-order valence-corrected chi connectivity index (χ4v) is 0.481. The Labute approximate surface area is 66.1 Å². The summed E-state index contributed by atoms with van der Waals surface area (Å²) in [4.78, 5) is 3.77. The van der Waals surface area contributed by atoms with Crippen LogP contribution >= 0.6 is 23.8 Å². The number of hydrogen-bond donors (Lipinski definition) is 0. The van der Waals surface area contributed by atoms with Crippen molar-refractivity contribution in [2.75, 3.05) is 6.54 Å². The van der Waals surface area contributed by atoms with Crippen molar-refractivity contribution < 1.29 is 0 Å². The Hall–Kier alpha value is 0.0900. The number of nitrogens with zero attached hydrogens (tertiary/aromatic N) is 1. The van der Waals surface area contributed by atoms with Crippen molar-refractivity contribution in [3.8, 4) is 0 Å². The number of isothiocyanates is 1. The van der Waals surface area contributed by atoms with Crippen LogP contribution < -0.4 is 0 Å². The molecule has 1 nitrogen and oxygen atoms in total. The van der Waals surface area contributed by atoms with E-state index in [0.29, 0.717) is 12.5 Å². The lowest BCUT2D eigenvalue weighted by atomic mass is 10.1. The van der Waals surface area contributed by atoms with Crippen LogP contribution in [0, 0.1) is 5.92 Å². The molecule has 0 aliphatic rings. The molecule has 0 amide bonds. The molecule has 0 rings (SSSR count). The van der Waals surface area contributed by atoms with Crippen LogP contribution in [0.1, 0.15) is 13.8 Å². The third kappa shape index (κ3) is 4.58. The zero-order chi connectivity index (χ0) is 7.28. The molecule has 0 radical (unpaired) electrons. The Balaban J connectivity index is 3.49. The second kappa shape index (κ2) is 4.92. The van der Waals surface area contributed by atoms with Crippen LogP contribution in [-0.4, -0.2) is 17.1 Å². The number of hydrogen-bond acceptors (Lipinski definition) is 2. The highest BCUT2D eigenvalue weighted by Crippen LogP contribution is 2.08. The van der Waals surface area contributed by atoms with Crippen molar-refractivity contribution in [3.05, 3.63) is 0 Å². The van der Waals surface area contributed by atoms with Crippen LogP contribution in [-0.2, 0) is 0 Å². The fourth-order valence-electron chi connectivity index (χ4n) is 0.327. The van der Waals surface area contributed by atoms with Gasteiger partial charge in [0.1, 0.15) is 0 Å². The molecule has 0 aromatic heterocycles. The van der Waals surface area contributed by atoms with Gasteiger partial charge in [0.05, 0.1) is 11.7 Å². The van der Waals surface area contributed by atoms with E-state index in [-0.39, 0.29) is 5.38 Å². The lowest BCUT2D eigenvalue weighted by Crippen LogP contribution is -2.09. The third-order valence-corrected chi connectivity index (χ3v) is 1.79. The molecule has 0 aromatic carbocycles. The molecule has 0 fully saturated rings. The van der Waals surface area contributed by atoms with E-state index in [1.165, 1.54) is 0 Å². The largest absolute Gasteiger partial charge is 0.232 e. The Bertz CT molecular complexity index is 118. The Morgan fingerprint density at radius 2 is 2.22 bits per heavy atom. The van der Waals surface area contributed by atoms with Gasteiger partial charge in [0, 0.05) is 5.38 Å². The summed E-state index contributed by atoms with van der Waals surface area (Å²) in [5.74, 6) is 0.391. The third-order valence-electron chi connectivity index (χ3n) is 1.23. The molecule has 0 aromatic rings. The van der Waals surface area contributed by atoms with Gasteiger partial charge in [-0.05, 0) is 25.1 Å². The molecule has 0 heterocycles. The molecule has 0 saturated heterocycles. The molecule has 0 spiro atoms. The number of alkyl halides is 1. The second-order valence-electron chi connectivity index (χ2n) is 2.09.